The van der Waals surface area contributed by atoms with E-state index < -0.39 is 4.92 Å². The van der Waals surface area contributed by atoms with Crippen LogP contribution in [0.25, 0.3) is 0 Å². The highest BCUT2D eigenvalue weighted by molar-refractivity contribution is 6.17. The summed E-state index contributed by atoms with van der Waals surface area (Å²) in [6.07, 6.45) is 1.59. The Labute approximate surface area is 121 Å². The van der Waals surface area contributed by atoms with Crippen LogP contribution in [0.15, 0.2) is 30.5 Å². The lowest BCUT2D eigenvalue weighted by molar-refractivity contribution is -0.386. The van der Waals surface area contributed by atoms with Crippen LogP contribution in [0.4, 0.5) is 5.69 Å². The van der Waals surface area contributed by atoms with E-state index in [1.54, 1.807) is 31.3 Å². The highest BCUT2D eigenvalue weighted by Gasteiger charge is 2.19. The summed E-state index contributed by atoms with van der Waals surface area (Å²) in [5.41, 5.74) is 2.15. The minimum Gasteiger partial charge on any atom is -0.432 e. The quantitative estimate of drug-likeness (QED) is 0.482. The van der Waals surface area contributed by atoms with Gasteiger partial charge in [-0.05, 0) is 31.5 Å². The minimum absolute atomic E-state index is 0.0462. The van der Waals surface area contributed by atoms with Crippen LogP contribution >= 0.6 is 11.6 Å². The number of aryl methyl sites for hydroxylation is 2. The monoisotopic (exact) mass is 292 g/mol. The fraction of sp³-hybridized carbons (Fsp3) is 0.214. The molecule has 0 amide bonds. The molecule has 0 N–H and O–H groups in total. The number of nitro groups is 1. The molecule has 0 spiro atoms. The smallest absolute Gasteiger partial charge is 0.314 e. The second kappa shape index (κ2) is 5.88. The number of hydrogen-bond donors (Lipinski definition) is 0. The zero-order chi connectivity index (χ0) is 14.7. The molecule has 0 aliphatic rings. The summed E-state index contributed by atoms with van der Waals surface area (Å²) in [5.74, 6) is 0.885. The third-order valence-electron chi connectivity index (χ3n) is 2.83. The standard InChI is InChI=1S/C14H13ClN2O3/c1-9-4-3-5-12(13(9)17(18)19)20-14-10(2)6-11(7-15)8-16-14/h3-6,8H,7H2,1-2H3. The first-order valence-corrected chi connectivity index (χ1v) is 6.49. The number of ether oxygens (including phenoxy) is 1. The predicted octanol–water partition coefficient (Wildman–Crippen LogP) is 4.14. The largest absolute Gasteiger partial charge is 0.432 e. The van der Waals surface area contributed by atoms with Crippen molar-refractivity contribution in [3.63, 3.8) is 0 Å². The van der Waals surface area contributed by atoms with Gasteiger partial charge in [0.15, 0.2) is 0 Å². The van der Waals surface area contributed by atoms with E-state index in [4.69, 9.17) is 16.3 Å². The van der Waals surface area contributed by atoms with Crippen LogP contribution < -0.4 is 4.74 Å². The Morgan fingerprint density at radius 2 is 2.10 bits per heavy atom. The zero-order valence-corrected chi connectivity index (χ0v) is 11.8. The maximum Gasteiger partial charge on any atom is 0.314 e. The van der Waals surface area contributed by atoms with E-state index in [1.165, 1.54) is 0 Å². The molecule has 2 aromatic rings. The van der Waals surface area contributed by atoms with Gasteiger partial charge in [0.1, 0.15) is 0 Å². The first kappa shape index (κ1) is 14.3. The molecule has 20 heavy (non-hydrogen) atoms. The van der Waals surface area contributed by atoms with Crippen molar-refractivity contribution in [2.45, 2.75) is 19.7 Å². The number of hydrogen-bond acceptors (Lipinski definition) is 4. The van der Waals surface area contributed by atoms with E-state index in [-0.39, 0.29) is 11.4 Å². The molecule has 0 atom stereocenters. The van der Waals surface area contributed by atoms with Crippen molar-refractivity contribution in [2.24, 2.45) is 0 Å². The third-order valence-corrected chi connectivity index (χ3v) is 3.14. The van der Waals surface area contributed by atoms with Crippen LogP contribution in [-0.2, 0) is 5.88 Å². The summed E-state index contributed by atoms with van der Waals surface area (Å²) in [7, 11) is 0. The van der Waals surface area contributed by atoms with Gasteiger partial charge in [0.05, 0.1) is 4.92 Å². The van der Waals surface area contributed by atoms with Gasteiger partial charge in [0, 0.05) is 23.2 Å². The van der Waals surface area contributed by atoms with E-state index in [9.17, 15) is 10.1 Å². The van der Waals surface area contributed by atoms with Gasteiger partial charge in [-0.15, -0.1) is 11.6 Å². The Bertz CT molecular complexity index is 659. The fourth-order valence-electron chi connectivity index (χ4n) is 1.85. The van der Waals surface area contributed by atoms with Crippen molar-refractivity contribution in [1.82, 2.24) is 4.98 Å². The molecular weight excluding hydrogens is 280 g/mol. The molecule has 0 saturated carbocycles. The van der Waals surface area contributed by atoms with Crippen LogP contribution in [0.2, 0.25) is 0 Å². The van der Waals surface area contributed by atoms with Gasteiger partial charge < -0.3 is 4.74 Å². The normalized spacial score (nSPS) is 10.3. The summed E-state index contributed by atoms with van der Waals surface area (Å²) in [6.45, 7) is 3.49. The van der Waals surface area contributed by atoms with E-state index in [0.29, 0.717) is 17.3 Å². The Kier molecular flexibility index (Phi) is 4.20. The van der Waals surface area contributed by atoms with Crippen LogP contribution in [0.3, 0.4) is 0 Å². The van der Waals surface area contributed by atoms with Crippen molar-refractivity contribution < 1.29 is 9.66 Å². The first-order chi connectivity index (χ1) is 9.52. The van der Waals surface area contributed by atoms with Crippen LogP contribution in [0.5, 0.6) is 11.6 Å². The van der Waals surface area contributed by atoms with Crippen LogP contribution in [0, 0.1) is 24.0 Å². The SMILES string of the molecule is Cc1cc(CCl)cnc1Oc1cccc(C)c1[N+](=O)[O-]. The molecule has 5 nitrogen and oxygen atoms in total. The Morgan fingerprint density at radius 1 is 1.35 bits per heavy atom. The highest BCUT2D eigenvalue weighted by atomic mass is 35.5. The van der Waals surface area contributed by atoms with E-state index >= 15 is 0 Å². The lowest BCUT2D eigenvalue weighted by Crippen LogP contribution is -1.98. The molecule has 1 heterocycles. The predicted molar refractivity (Wildman–Crippen MR) is 76.4 cm³/mol. The number of halogens is 1. The van der Waals surface area contributed by atoms with Gasteiger partial charge in [-0.25, -0.2) is 4.98 Å². The topological polar surface area (TPSA) is 65.3 Å². The summed E-state index contributed by atoms with van der Waals surface area (Å²) in [5, 5.41) is 11.1. The second-order valence-electron chi connectivity index (χ2n) is 4.38. The van der Waals surface area contributed by atoms with Gasteiger partial charge in [-0.1, -0.05) is 12.1 Å². The minimum atomic E-state index is -0.451. The van der Waals surface area contributed by atoms with Crippen LogP contribution in [0.1, 0.15) is 16.7 Å². The Hall–Kier alpha value is -2.14. The van der Waals surface area contributed by atoms with Gasteiger partial charge in [0.25, 0.3) is 0 Å². The van der Waals surface area contributed by atoms with Crippen LogP contribution in [-0.4, -0.2) is 9.91 Å². The molecule has 0 saturated heterocycles. The number of nitrogens with zero attached hydrogens (tertiary/aromatic N) is 2. The number of para-hydroxylation sites is 1. The average molecular weight is 293 g/mol. The van der Waals surface area contributed by atoms with E-state index in [1.807, 2.05) is 13.0 Å². The molecule has 1 aromatic heterocycles. The fourth-order valence-corrected chi connectivity index (χ4v) is 2.00. The number of alkyl halides is 1. The summed E-state index contributed by atoms with van der Waals surface area (Å²) in [4.78, 5) is 14.8. The summed E-state index contributed by atoms with van der Waals surface area (Å²) >= 11 is 5.73. The molecule has 0 aliphatic heterocycles. The Morgan fingerprint density at radius 3 is 2.70 bits per heavy atom. The molecule has 6 heteroatoms. The lowest BCUT2D eigenvalue weighted by Gasteiger charge is -2.09. The molecule has 0 unspecified atom stereocenters. The number of nitro benzene ring substituents is 1. The number of rotatable bonds is 4. The summed E-state index contributed by atoms with van der Waals surface area (Å²) in [6, 6.07) is 6.78. The maximum atomic E-state index is 11.1. The molecule has 1 aromatic carbocycles. The van der Waals surface area contributed by atoms with Crippen molar-refractivity contribution in [1.29, 1.82) is 0 Å². The molecule has 0 aliphatic carbocycles. The highest BCUT2D eigenvalue weighted by Crippen LogP contribution is 2.34. The van der Waals surface area contributed by atoms with Gasteiger partial charge >= 0.3 is 5.69 Å². The van der Waals surface area contributed by atoms with Crippen molar-refractivity contribution in [3.05, 3.63) is 57.3 Å². The average Bonchev–Trinajstić information content (AvgIpc) is 2.40. The molecule has 2 rings (SSSR count). The Balaban J connectivity index is 2.40. The zero-order valence-electron chi connectivity index (χ0n) is 11.1. The third kappa shape index (κ3) is 2.88. The van der Waals surface area contributed by atoms with E-state index in [0.717, 1.165) is 11.1 Å². The first-order valence-electron chi connectivity index (χ1n) is 5.96. The maximum absolute atomic E-state index is 11.1. The lowest BCUT2D eigenvalue weighted by atomic mass is 10.2. The van der Waals surface area contributed by atoms with Crippen molar-refractivity contribution in [2.75, 3.05) is 0 Å². The van der Waals surface area contributed by atoms with Gasteiger partial charge in [0.2, 0.25) is 11.6 Å². The van der Waals surface area contributed by atoms with E-state index in [2.05, 4.69) is 4.98 Å². The number of pyridine rings is 1. The van der Waals surface area contributed by atoms with Crippen molar-refractivity contribution in [3.8, 4) is 11.6 Å². The number of aromatic nitrogens is 1. The van der Waals surface area contributed by atoms with Gasteiger partial charge in [-0.2, -0.15) is 0 Å². The molecule has 0 bridgehead atoms. The second-order valence-corrected chi connectivity index (χ2v) is 4.65. The molecule has 0 fully saturated rings. The number of benzene rings is 1. The molecule has 0 radical (unpaired) electrons. The van der Waals surface area contributed by atoms with Gasteiger partial charge in [-0.3, -0.25) is 10.1 Å². The molecular formula is C14H13ClN2O3. The van der Waals surface area contributed by atoms with Crippen molar-refractivity contribution >= 4 is 17.3 Å². The summed E-state index contributed by atoms with van der Waals surface area (Å²) < 4.78 is 5.59. The molecule has 104 valence electrons.